The smallest absolute Gasteiger partial charge is 0.170 e. The predicted molar refractivity (Wildman–Crippen MR) is 100 cm³/mol. The van der Waals surface area contributed by atoms with Crippen molar-refractivity contribution in [3.05, 3.63) is 66.4 Å². The van der Waals surface area contributed by atoms with Crippen LogP contribution in [-0.4, -0.2) is 17.8 Å². The number of carbonyl (C=O) groups is 1. The third-order valence-corrected chi connectivity index (χ3v) is 3.90. The highest BCUT2D eigenvalue weighted by Crippen LogP contribution is 2.29. The van der Waals surface area contributed by atoms with Crippen molar-refractivity contribution >= 4 is 28.4 Å². The number of nitriles is 1. The molecule has 0 amide bonds. The summed E-state index contributed by atoms with van der Waals surface area (Å²) in [6.45, 7) is 4.07. The lowest BCUT2D eigenvalue weighted by Crippen LogP contribution is -2.03. The standard InChI is InChI=1S/C20H16N4O/c1-13(10-21)11-23-19-4-2-3-14-5-6-15(9-16(14)19)18-8-7-17(22)20(12-25)24-18/h2-9,12,23H,1,11,22H2. The molecule has 5 heteroatoms. The van der Waals surface area contributed by atoms with E-state index in [0.29, 0.717) is 29.8 Å². The Hall–Kier alpha value is -3.65. The molecule has 0 aliphatic carbocycles. The molecule has 0 atom stereocenters. The number of rotatable bonds is 5. The van der Waals surface area contributed by atoms with Crippen molar-refractivity contribution in [2.45, 2.75) is 0 Å². The highest BCUT2D eigenvalue weighted by atomic mass is 16.1. The van der Waals surface area contributed by atoms with Crippen LogP contribution in [0.25, 0.3) is 22.0 Å². The van der Waals surface area contributed by atoms with Gasteiger partial charge in [0.2, 0.25) is 0 Å². The molecule has 3 aromatic rings. The van der Waals surface area contributed by atoms with Crippen LogP contribution in [0.3, 0.4) is 0 Å². The molecule has 0 aliphatic heterocycles. The average molecular weight is 328 g/mol. The van der Waals surface area contributed by atoms with Crippen LogP contribution >= 0.6 is 0 Å². The number of pyridine rings is 1. The number of aromatic nitrogens is 1. The number of anilines is 2. The highest BCUT2D eigenvalue weighted by Gasteiger charge is 2.07. The van der Waals surface area contributed by atoms with Gasteiger partial charge in [0.25, 0.3) is 0 Å². The van der Waals surface area contributed by atoms with E-state index in [1.807, 2.05) is 42.5 Å². The van der Waals surface area contributed by atoms with Gasteiger partial charge in [-0.15, -0.1) is 0 Å². The fraction of sp³-hybridized carbons (Fsp3) is 0.0500. The number of nitrogens with two attached hydrogens (primary N) is 1. The lowest BCUT2D eigenvalue weighted by Gasteiger charge is -2.11. The molecule has 2 aromatic carbocycles. The normalized spacial score (nSPS) is 10.2. The molecule has 0 saturated heterocycles. The van der Waals surface area contributed by atoms with Gasteiger partial charge in [0.1, 0.15) is 5.69 Å². The molecular weight excluding hydrogens is 312 g/mol. The van der Waals surface area contributed by atoms with Gasteiger partial charge in [-0.2, -0.15) is 5.26 Å². The number of hydrogen-bond acceptors (Lipinski definition) is 5. The first-order valence-electron chi connectivity index (χ1n) is 7.69. The van der Waals surface area contributed by atoms with Crippen molar-refractivity contribution in [2.75, 3.05) is 17.6 Å². The molecule has 0 radical (unpaired) electrons. The second-order valence-electron chi connectivity index (χ2n) is 5.60. The zero-order chi connectivity index (χ0) is 17.8. The van der Waals surface area contributed by atoms with E-state index >= 15 is 0 Å². The minimum atomic E-state index is 0.231. The second-order valence-corrected chi connectivity index (χ2v) is 5.60. The minimum Gasteiger partial charge on any atom is -0.397 e. The first-order chi connectivity index (χ1) is 12.1. The molecule has 0 unspecified atom stereocenters. The number of benzene rings is 2. The molecule has 1 aromatic heterocycles. The molecule has 0 spiro atoms. The molecule has 0 fully saturated rings. The van der Waals surface area contributed by atoms with Gasteiger partial charge in [-0.25, -0.2) is 4.98 Å². The highest BCUT2D eigenvalue weighted by molar-refractivity contribution is 5.96. The Kier molecular flexibility index (Phi) is 4.44. The fourth-order valence-corrected chi connectivity index (χ4v) is 2.57. The first-order valence-corrected chi connectivity index (χ1v) is 7.69. The van der Waals surface area contributed by atoms with Crippen molar-refractivity contribution in [3.8, 4) is 17.3 Å². The van der Waals surface area contributed by atoms with Crippen LogP contribution in [0.1, 0.15) is 10.5 Å². The zero-order valence-electron chi connectivity index (χ0n) is 13.5. The molecule has 1 heterocycles. The van der Waals surface area contributed by atoms with Crippen LogP contribution in [0, 0.1) is 11.3 Å². The third kappa shape index (κ3) is 3.33. The van der Waals surface area contributed by atoms with E-state index in [9.17, 15) is 4.79 Å². The number of hydrogen-bond donors (Lipinski definition) is 2. The third-order valence-electron chi connectivity index (χ3n) is 3.90. The van der Waals surface area contributed by atoms with Gasteiger partial charge in [0.05, 0.1) is 17.5 Å². The summed E-state index contributed by atoms with van der Waals surface area (Å²) in [5, 5.41) is 14.1. The van der Waals surface area contributed by atoms with E-state index < -0.39 is 0 Å². The van der Waals surface area contributed by atoms with Gasteiger partial charge in [0.15, 0.2) is 6.29 Å². The molecule has 0 aliphatic rings. The van der Waals surface area contributed by atoms with E-state index in [2.05, 4.69) is 16.9 Å². The van der Waals surface area contributed by atoms with Crippen molar-refractivity contribution in [1.82, 2.24) is 4.98 Å². The Morgan fingerprint density at radius 2 is 2.12 bits per heavy atom. The largest absolute Gasteiger partial charge is 0.397 e. The number of nitrogens with one attached hydrogen (secondary N) is 1. The minimum absolute atomic E-state index is 0.231. The maximum Gasteiger partial charge on any atom is 0.170 e. The zero-order valence-corrected chi connectivity index (χ0v) is 13.5. The number of fused-ring (bicyclic) bond motifs is 1. The number of nitrogen functional groups attached to an aromatic ring is 1. The van der Waals surface area contributed by atoms with Gasteiger partial charge in [-0.05, 0) is 29.7 Å². The van der Waals surface area contributed by atoms with Crippen LogP contribution in [-0.2, 0) is 0 Å². The van der Waals surface area contributed by atoms with Crippen molar-refractivity contribution in [3.63, 3.8) is 0 Å². The second kappa shape index (κ2) is 6.85. The Balaban J connectivity index is 2.05. The van der Waals surface area contributed by atoms with E-state index in [4.69, 9.17) is 11.0 Å². The Morgan fingerprint density at radius 1 is 1.28 bits per heavy atom. The van der Waals surface area contributed by atoms with E-state index in [1.54, 1.807) is 12.1 Å². The summed E-state index contributed by atoms with van der Waals surface area (Å²) in [6, 6.07) is 17.3. The van der Waals surface area contributed by atoms with E-state index in [1.165, 1.54) is 0 Å². The Bertz CT molecular complexity index is 1020. The topological polar surface area (TPSA) is 91.8 Å². The average Bonchev–Trinajstić information content (AvgIpc) is 2.66. The molecule has 3 N–H and O–H groups in total. The van der Waals surface area contributed by atoms with Gasteiger partial charge in [0, 0.05) is 28.8 Å². The van der Waals surface area contributed by atoms with Crippen LogP contribution < -0.4 is 11.1 Å². The van der Waals surface area contributed by atoms with Gasteiger partial charge in [-0.3, -0.25) is 4.79 Å². The summed E-state index contributed by atoms with van der Waals surface area (Å²) < 4.78 is 0. The van der Waals surface area contributed by atoms with Gasteiger partial charge in [-0.1, -0.05) is 30.8 Å². The van der Waals surface area contributed by atoms with E-state index in [-0.39, 0.29) is 5.69 Å². The van der Waals surface area contributed by atoms with Crippen LogP contribution in [0.2, 0.25) is 0 Å². The number of nitrogens with zero attached hydrogens (tertiary/aromatic N) is 2. The molecule has 0 bridgehead atoms. The maximum absolute atomic E-state index is 11.1. The quantitative estimate of drug-likeness (QED) is 0.549. The van der Waals surface area contributed by atoms with Crippen molar-refractivity contribution < 1.29 is 4.79 Å². The number of aldehydes is 1. The molecule has 5 nitrogen and oxygen atoms in total. The first kappa shape index (κ1) is 16.2. The van der Waals surface area contributed by atoms with Crippen LogP contribution in [0.15, 0.2) is 60.7 Å². The summed E-state index contributed by atoms with van der Waals surface area (Å²) >= 11 is 0. The molecule has 3 rings (SSSR count). The molecule has 122 valence electrons. The summed E-state index contributed by atoms with van der Waals surface area (Å²) in [7, 11) is 0. The monoisotopic (exact) mass is 328 g/mol. The maximum atomic E-state index is 11.1. The van der Waals surface area contributed by atoms with Crippen LogP contribution in [0.5, 0.6) is 0 Å². The van der Waals surface area contributed by atoms with Gasteiger partial charge < -0.3 is 11.1 Å². The van der Waals surface area contributed by atoms with Crippen LogP contribution in [0.4, 0.5) is 11.4 Å². The summed E-state index contributed by atoms with van der Waals surface area (Å²) in [6.07, 6.45) is 0.653. The lowest BCUT2D eigenvalue weighted by molar-refractivity contribution is 0.112. The number of carbonyl (C=O) groups excluding carboxylic acids is 1. The Labute approximate surface area is 145 Å². The Morgan fingerprint density at radius 3 is 2.88 bits per heavy atom. The summed E-state index contributed by atoms with van der Waals surface area (Å²) in [4.78, 5) is 15.4. The summed E-state index contributed by atoms with van der Waals surface area (Å²) in [5.74, 6) is 0. The van der Waals surface area contributed by atoms with Crippen molar-refractivity contribution in [2.24, 2.45) is 0 Å². The van der Waals surface area contributed by atoms with Gasteiger partial charge >= 0.3 is 0 Å². The fourth-order valence-electron chi connectivity index (χ4n) is 2.57. The SMILES string of the molecule is C=C(C#N)CNc1cccc2ccc(-c3ccc(N)c(C=O)n3)cc12. The molecule has 25 heavy (non-hydrogen) atoms. The van der Waals surface area contributed by atoms with E-state index in [0.717, 1.165) is 22.0 Å². The van der Waals surface area contributed by atoms with Crippen molar-refractivity contribution in [1.29, 1.82) is 5.26 Å². The lowest BCUT2D eigenvalue weighted by atomic mass is 10.0. The predicted octanol–water partition coefficient (Wildman–Crippen LogP) is 3.79. The molecular formula is C20H16N4O. The summed E-state index contributed by atoms with van der Waals surface area (Å²) in [5.41, 5.74) is 9.25. The molecule has 0 saturated carbocycles.